The number of carbonyl (C=O) groups excluding carboxylic acids is 2. The van der Waals surface area contributed by atoms with Crippen molar-refractivity contribution < 1.29 is 9.59 Å². The van der Waals surface area contributed by atoms with E-state index in [2.05, 4.69) is 15.6 Å². The van der Waals surface area contributed by atoms with Crippen LogP contribution in [0.2, 0.25) is 0 Å². The molecule has 1 aromatic heterocycles. The number of hydrogen-bond donors (Lipinski definition) is 2. The van der Waals surface area contributed by atoms with Crippen molar-refractivity contribution in [1.82, 2.24) is 4.98 Å². The third kappa shape index (κ3) is 5.44. The van der Waals surface area contributed by atoms with Gasteiger partial charge in [-0.3, -0.25) is 14.9 Å². The van der Waals surface area contributed by atoms with E-state index in [9.17, 15) is 9.59 Å². The van der Waals surface area contributed by atoms with Crippen LogP contribution >= 0.6 is 23.1 Å². The van der Waals surface area contributed by atoms with Crippen LogP contribution in [0, 0.1) is 0 Å². The third-order valence-corrected chi connectivity index (χ3v) is 5.10. The lowest BCUT2D eigenvalue weighted by Crippen LogP contribution is -2.16. The topological polar surface area (TPSA) is 71.1 Å². The van der Waals surface area contributed by atoms with Gasteiger partial charge in [-0.15, -0.1) is 23.1 Å². The van der Waals surface area contributed by atoms with Crippen LogP contribution in [-0.4, -0.2) is 22.6 Å². The molecule has 3 rings (SSSR count). The number of carbonyl (C=O) groups is 2. The normalized spacial score (nSPS) is 10.3. The van der Waals surface area contributed by atoms with E-state index in [0.717, 1.165) is 5.75 Å². The van der Waals surface area contributed by atoms with E-state index in [-0.39, 0.29) is 11.8 Å². The number of hydrogen-bond acceptors (Lipinski definition) is 5. The molecule has 0 aliphatic rings. The van der Waals surface area contributed by atoms with Crippen LogP contribution in [0.1, 0.15) is 15.9 Å². The SMILES string of the molecule is O=C(CSCc1ccccc1)Nc1cccc(C(=O)Nc2nccs2)c1. The Morgan fingerprint density at radius 2 is 1.88 bits per heavy atom. The molecule has 0 fully saturated rings. The third-order valence-electron chi connectivity index (χ3n) is 3.41. The summed E-state index contributed by atoms with van der Waals surface area (Å²) >= 11 is 2.90. The summed E-state index contributed by atoms with van der Waals surface area (Å²) in [6, 6.07) is 16.9. The molecular weight excluding hydrogens is 366 g/mol. The molecule has 2 aromatic carbocycles. The molecule has 3 aromatic rings. The standard InChI is InChI=1S/C19H17N3O2S2/c23-17(13-25-12-14-5-2-1-3-6-14)21-16-8-4-7-15(11-16)18(24)22-19-20-9-10-26-19/h1-11H,12-13H2,(H,21,23)(H,20,22,24). The summed E-state index contributed by atoms with van der Waals surface area (Å²) in [5.41, 5.74) is 2.25. The number of aromatic nitrogens is 1. The molecule has 5 nitrogen and oxygen atoms in total. The van der Waals surface area contributed by atoms with Gasteiger partial charge < -0.3 is 5.32 Å². The van der Waals surface area contributed by atoms with Gasteiger partial charge in [0.25, 0.3) is 5.91 Å². The molecule has 26 heavy (non-hydrogen) atoms. The second-order valence-electron chi connectivity index (χ2n) is 5.40. The number of thioether (sulfide) groups is 1. The van der Waals surface area contributed by atoms with Gasteiger partial charge >= 0.3 is 0 Å². The zero-order valence-electron chi connectivity index (χ0n) is 13.8. The molecular formula is C19H17N3O2S2. The first-order valence-electron chi connectivity index (χ1n) is 7.93. The lowest BCUT2D eigenvalue weighted by Gasteiger charge is -2.07. The average molecular weight is 383 g/mol. The Kier molecular flexibility index (Phi) is 6.40. The predicted molar refractivity (Wildman–Crippen MR) is 108 cm³/mol. The maximum absolute atomic E-state index is 12.2. The molecule has 0 bridgehead atoms. The first-order chi connectivity index (χ1) is 12.7. The fraction of sp³-hybridized carbons (Fsp3) is 0.105. The van der Waals surface area contributed by atoms with E-state index in [4.69, 9.17) is 0 Å². The number of amides is 2. The molecule has 0 aliphatic heterocycles. The second kappa shape index (κ2) is 9.17. The van der Waals surface area contributed by atoms with E-state index in [0.29, 0.717) is 22.1 Å². The molecule has 7 heteroatoms. The Labute approximate surface area is 159 Å². The van der Waals surface area contributed by atoms with E-state index >= 15 is 0 Å². The maximum atomic E-state index is 12.2. The summed E-state index contributed by atoms with van der Waals surface area (Å²) < 4.78 is 0. The Hall–Kier alpha value is -2.64. The van der Waals surface area contributed by atoms with Crippen molar-refractivity contribution in [2.75, 3.05) is 16.4 Å². The smallest absolute Gasteiger partial charge is 0.257 e. The summed E-state index contributed by atoms with van der Waals surface area (Å²) in [5.74, 6) is 0.785. The van der Waals surface area contributed by atoms with Crippen molar-refractivity contribution in [2.24, 2.45) is 0 Å². The number of thiazole rings is 1. The lowest BCUT2D eigenvalue weighted by atomic mass is 10.2. The summed E-state index contributed by atoms with van der Waals surface area (Å²) in [5, 5.41) is 7.89. The van der Waals surface area contributed by atoms with Gasteiger partial charge in [-0.2, -0.15) is 0 Å². The predicted octanol–water partition coefficient (Wildman–Crippen LogP) is 4.27. The molecule has 2 N–H and O–H groups in total. The largest absolute Gasteiger partial charge is 0.325 e. The highest BCUT2D eigenvalue weighted by atomic mass is 32.2. The molecule has 0 spiro atoms. The van der Waals surface area contributed by atoms with E-state index in [1.807, 2.05) is 30.3 Å². The summed E-state index contributed by atoms with van der Waals surface area (Å²) in [6.07, 6.45) is 1.63. The van der Waals surface area contributed by atoms with Gasteiger partial charge in [-0.05, 0) is 23.8 Å². The summed E-state index contributed by atoms with van der Waals surface area (Å²) in [7, 11) is 0. The van der Waals surface area contributed by atoms with Crippen LogP contribution in [0.25, 0.3) is 0 Å². The fourth-order valence-corrected chi connectivity index (χ4v) is 3.54. The molecule has 0 atom stereocenters. The van der Waals surface area contributed by atoms with Crippen molar-refractivity contribution in [3.8, 4) is 0 Å². The Bertz CT molecular complexity index is 868. The quantitative estimate of drug-likeness (QED) is 0.639. The van der Waals surface area contributed by atoms with Crippen molar-refractivity contribution >= 4 is 45.7 Å². The van der Waals surface area contributed by atoms with Gasteiger partial charge in [0, 0.05) is 28.6 Å². The van der Waals surface area contributed by atoms with Gasteiger partial charge in [0.2, 0.25) is 5.91 Å². The summed E-state index contributed by atoms with van der Waals surface area (Å²) in [6.45, 7) is 0. The zero-order chi connectivity index (χ0) is 18.2. The molecule has 0 aliphatic carbocycles. The average Bonchev–Trinajstić information content (AvgIpc) is 3.16. The maximum Gasteiger partial charge on any atom is 0.257 e. The Morgan fingerprint density at radius 3 is 2.65 bits per heavy atom. The van der Waals surface area contributed by atoms with Crippen LogP contribution in [0.5, 0.6) is 0 Å². The minimum Gasteiger partial charge on any atom is -0.325 e. The molecule has 0 saturated carbocycles. The number of rotatable bonds is 7. The number of anilines is 2. The highest BCUT2D eigenvalue weighted by Crippen LogP contribution is 2.16. The monoisotopic (exact) mass is 383 g/mol. The van der Waals surface area contributed by atoms with Gasteiger partial charge in [0.15, 0.2) is 5.13 Å². The Morgan fingerprint density at radius 1 is 1.04 bits per heavy atom. The van der Waals surface area contributed by atoms with E-state index < -0.39 is 0 Å². The lowest BCUT2D eigenvalue weighted by molar-refractivity contribution is -0.113. The van der Waals surface area contributed by atoms with Gasteiger partial charge in [0.1, 0.15) is 0 Å². The first-order valence-corrected chi connectivity index (χ1v) is 9.96. The Balaban J connectivity index is 1.51. The van der Waals surface area contributed by atoms with Crippen LogP contribution in [0.15, 0.2) is 66.2 Å². The second-order valence-corrected chi connectivity index (χ2v) is 7.28. The molecule has 0 radical (unpaired) electrons. The van der Waals surface area contributed by atoms with Crippen molar-refractivity contribution in [2.45, 2.75) is 5.75 Å². The molecule has 2 amide bonds. The van der Waals surface area contributed by atoms with Crippen LogP contribution in [0.4, 0.5) is 10.8 Å². The first kappa shape index (κ1) is 18.2. The van der Waals surface area contributed by atoms with Gasteiger partial charge in [0.05, 0.1) is 5.75 Å². The minimum absolute atomic E-state index is 0.0941. The highest BCUT2D eigenvalue weighted by molar-refractivity contribution is 7.99. The number of nitrogens with one attached hydrogen (secondary N) is 2. The van der Waals surface area contributed by atoms with Gasteiger partial charge in [-0.25, -0.2) is 4.98 Å². The minimum atomic E-state index is -0.255. The van der Waals surface area contributed by atoms with Crippen LogP contribution < -0.4 is 10.6 Å². The number of benzene rings is 2. The molecule has 1 heterocycles. The fourth-order valence-electron chi connectivity index (χ4n) is 2.23. The van der Waals surface area contributed by atoms with Crippen LogP contribution in [0.3, 0.4) is 0 Å². The molecule has 0 unspecified atom stereocenters. The van der Waals surface area contributed by atoms with Crippen molar-refractivity contribution in [1.29, 1.82) is 0 Å². The highest BCUT2D eigenvalue weighted by Gasteiger charge is 2.09. The molecule has 0 saturated heterocycles. The molecule has 132 valence electrons. The van der Waals surface area contributed by atoms with Gasteiger partial charge in [-0.1, -0.05) is 36.4 Å². The zero-order valence-corrected chi connectivity index (χ0v) is 15.5. The van der Waals surface area contributed by atoms with Crippen molar-refractivity contribution in [3.63, 3.8) is 0 Å². The van der Waals surface area contributed by atoms with Crippen molar-refractivity contribution in [3.05, 3.63) is 77.3 Å². The summed E-state index contributed by atoms with van der Waals surface area (Å²) in [4.78, 5) is 28.3. The van der Waals surface area contributed by atoms with Crippen LogP contribution in [-0.2, 0) is 10.5 Å². The van der Waals surface area contributed by atoms with E-state index in [1.54, 1.807) is 47.6 Å². The number of nitrogens with zero attached hydrogens (tertiary/aromatic N) is 1. The van der Waals surface area contributed by atoms with E-state index in [1.165, 1.54) is 16.9 Å².